The van der Waals surface area contributed by atoms with E-state index in [2.05, 4.69) is 16.9 Å². The zero-order valence-corrected chi connectivity index (χ0v) is 12.8. The first kappa shape index (κ1) is 14.4. The summed E-state index contributed by atoms with van der Waals surface area (Å²) in [6, 6.07) is 13.7. The standard InChI is InChI=1S/C18H21N3O/c1-2-3-4-11-22-15-8-5-13(6-9-15)18-20-16-10-7-14(19)12-17(16)21-18/h5-10,12H,2-4,11,19H2,1H3,(H,20,21). The molecule has 0 fully saturated rings. The molecule has 3 N–H and O–H groups in total. The number of nitrogens with zero attached hydrogens (tertiary/aromatic N) is 1. The molecule has 0 atom stereocenters. The number of imidazole rings is 1. The summed E-state index contributed by atoms with van der Waals surface area (Å²) in [5.41, 5.74) is 9.44. The summed E-state index contributed by atoms with van der Waals surface area (Å²) in [6.07, 6.45) is 3.52. The van der Waals surface area contributed by atoms with Crippen molar-refractivity contribution in [1.29, 1.82) is 0 Å². The molecule has 0 aliphatic heterocycles. The van der Waals surface area contributed by atoms with E-state index in [0.717, 1.165) is 46.9 Å². The summed E-state index contributed by atoms with van der Waals surface area (Å²) in [5, 5.41) is 0. The first-order valence-electron chi connectivity index (χ1n) is 7.75. The van der Waals surface area contributed by atoms with Crippen molar-refractivity contribution in [3.63, 3.8) is 0 Å². The molecule has 0 radical (unpaired) electrons. The highest BCUT2D eigenvalue weighted by atomic mass is 16.5. The zero-order chi connectivity index (χ0) is 15.4. The van der Waals surface area contributed by atoms with Gasteiger partial charge in [-0.2, -0.15) is 0 Å². The van der Waals surface area contributed by atoms with E-state index >= 15 is 0 Å². The summed E-state index contributed by atoms with van der Waals surface area (Å²) in [4.78, 5) is 7.89. The van der Waals surface area contributed by atoms with Gasteiger partial charge in [-0.1, -0.05) is 19.8 Å². The van der Waals surface area contributed by atoms with Gasteiger partial charge < -0.3 is 15.5 Å². The molecule has 1 aromatic heterocycles. The maximum Gasteiger partial charge on any atom is 0.138 e. The molecule has 0 bridgehead atoms. The number of ether oxygens (including phenoxy) is 1. The Labute approximate surface area is 130 Å². The average Bonchev–Trinajstić information content (AvgIpc) is 2.95. The molecule has 4 nitrogen and oxygen atoms in total. The van der Waals surface area contributed by atoms with Gasteiger partial charge in [0.25, 0.3) is 0 Å². The Hall–Kier alpha value is -2.49. The van der Waals surface area contributed by atoms with Gasteiger partial charge in [-0.05, 0) is 48.9 Å². The number of aromatic nitrogens is 2. The maximum absolute atomic E-state index is 5.80. The topological polar surface area (TPSA) is 63.9 Å². The van der Waals surface area contributed by atoms with Gasteiger partial charge in [-0.25, -0.2) is 4.98 Å². The minimum atomic E-state index is 0.735. The second kappa shape index (κ2) is 6.52. The van der Waals surface area contributed by atoms with E-state index < -0.39 is 0 Å². The van der Waals surface area contributed by atoms with E-state index in [4.69, 9.17) is 10.5 Å². The molecule has 0 spiro atoms. The average molecular weight is 295 g/mol. The van der Waals surface area contributed by atoms with E-state index in [0.29, 0.717) is 0 Å². The van der Waals surface area contributed by atoms with Crippen molar-refractivity contribution >= 4 is 16.7 Å². The highest BCUT2D eigenvalue weighted by Gasteiger charge is 2.05. The van der Waals surface area contributed by atoms with Gasteiger partial charge in [0.05, 0.1) is 17.6 Å². The van der Waals surface area contributed by atoms with Gasteiger partial charge in [0, 0.05) is 11.3 Å². The van der Waals surface area contributed by atoms with Crippen LogP contribution in [0.1, 0.15) is 26.2 Å². The lowest BCUT2D eigenvalue weighted by atomic mass is 10.2. The zero-order valence-electron chi connectivity index (χ0n) is 12.8. The first-order valence-corrected chi connectivity index (χ1v) is 7.75. The summed E-state index contributed by atoms with van der Waals surface area (Å²) in [6.45, 7) is 2.97. The quantitative estimate of drug-likeness (QED) is 0.524. The largest absolute Gasteiger partial charge is 0.494 e. The van der Waals surface area contributed by atoms with Crippen molar-refractivity contribution in [2.75, 3.05) is 12.3 Å². The summed E-state index contributed by atoms with van der Waals surface area (Å²) in [7, 11) is 0. The number of rotatable bonds is 6. The molecule has 3 rings (SSSR count). The molecule has 0 amide bonds. The Kier molecular flexibility index (Phi) is 4.28. The Morgan fingerprint density at radius 3 is 2.68 bits per heavy atom. The normalized spacial score (nSPS) is 11.0. The third-order valence-corrected chi connectivity index (χ3v) is 3.65. The molecule has 1 heterocycles. The minimum Gasteiger partial charge on any atom is -0.494 e. The van der Waals surface area contributed by atoms with E-state index in [9.17, 15) is 0 Å². The third-order valence-electron chi connectivity index (χ3n) is 3.65. The summed E-state index contributed by atoms with van der Waals surface area (Å²) < 4.78 is 5.73. The Balaban J connectivity index is 1.73. The number of hydrogen-bond acceptors (Lipinski definition) is 3. The number of unbranched alkanes of at least 4 members (excludes halogenated alkanes) is 2. The van der Waals surface area contributed by atoms with Crippen LogP contribution >= 0.6 is 0 Å². The van der Waals surface area contributed by atoms with Crippen molar-refractivity contribution in [2.24, 2.45) is 0 Å². The van der Waals surface area contributed by atoms with Crippen LogP contribution in [0.25, 0.3) is 22.4 Å². The number of aromatic amines is 1. The van der Waals surface area contributed by atoms with Crippen LogP contribution in [0.15, 0.2) is 42.5 Å². The summed E-state index contributed by atoms with van der Waals surface area (Å²) in [5.74, 6) is 1.75. The van der Waals surface area contributed by atoms with E-state index in [1.54, 1.807) is 0 Å². The highest BCUT2D eigenvalue weighted by molar-refractivity contribution is 5.82. The monoisotopic (exact) mass is 295 g/mol. The fourth-order valence-corrected chi connectivity index (χ4v) is 2.42. The molecule has 0 unspecified atom stereocenters. The lowest BCUT2D eigenvalue weighted by molar-refractivity contribution is 0.306. The third kappa shape index (κ3) is 3.22. The van der Waals surface area contributed by atoms with Crippen LogP contribution < -0.4 is 10.5 Å². The van der Waals surface area contributed by atoms with Gasteiger partial charge in [-0.15, -0.1) is 0 Å². The Bertz CT molecular complexity index is 747. The van der Waals surface area contributed by atoms with Crippen LogP contribution in [0, 0.1) is 0 Å². The number of benzene rings is 2. The Morgan fingerprint density at radius 1 is 1.09 bits per heavy atom. The number of nitrogens with one attached hydrogen (secondary N) is 1. The fourth-order valence-electron chi connectivity index (χ4n) is 2.42. The minimum absolute atomic E-state index is 0.735. The molecule has 0 aliphatic carbocycles. The predicted molar refractivity (Wildman–Crippen MR) is 91.0 cm³/mol. The molecule has 0 saturated heterocycles. The number of H-pyrrole nitrogens is 1. The van der Waals surface area contributed by atoms with Crippen LogP contribution in [0.2, 0.25) is 0 Å². The van der Waals surface area contributed by atoms with Gasteiger partial charge >= 0.3 is 0 Å². The Morgan fingerprint density at radius 2 is 1.91 bits per heavy atom. The van der Waals surface area contributed by atoms with Gasteiger partial charge in [0.15, 0.2) is 0 Å². The van der Waals surface area contributed by atoms with Gasteiger partial charge in [0.2, 0.25) is 0 Å². The highest BCUT2D eigenvalue weighted by Crippen LogP contribution is 2.24. The van der Waals surface area contributed by atoms with Crippen molar-refractivity contribution in [2.45, 2.75) is 26.2 Å². The molecule has 22 heavy (non-hydrogen) atoms. The number of anilines is 1. The van der Waals surface area contributed by atoms with Crippen LogP contribution in [-0.2, 0) is 0 Å². The van der Waals surface area contributed by atoms with Crippen molar-refractivity contribution in [3.8, 4) is 17.1 Å². The molecular weight excluding hydrogens is 274 g/mol. The number of fused-ring (bicyclic) bond motifs is 1. The second-order valence-corrected chi connectivity index (χ2v) is 5.44. The van der Waals surface area contributed by atoms with Crippen molar-refractivity contribution in [1.82, 2.24) is 9.97 Å². The smallest absolute Gasteiger partial charge is 0.138 e. The van der Waals surface area contributed by atoms with E-state index in [-0.39, 0.29) is 0 Å². The molecule has 4 heteroatoms. The maximum atomic E-state index is 5.80. The summed E-state index contributed by atoms with van der Waals surface area (Å²) >= 11 is 0. The number of nitrogen functional groups attached to an aromatic ring is 1. The lowest BCUT2D eigenvalue weighted by Crippen LogP contribution is -1.96. The van der Waals surface area contributed by atoms with Gasteiger partial charge in [-0.3, -0.25) is 0 Å². The van der Waals surface area contributed by atoms with E-state index in [1.165, 1.54) is 12.8 Å². The molecule has 3 aromatic rings. The lowest BCUT2D eigenvalue weighted by Gasteiger charge is -2.06. The van der Waals surface area contributed by atoms with Crippen LogP contribution in [-0.4, -0.2) is 16.6 Å². The predicted octanol–water partition coefficient (Wildman–Crippen LogP) is 4.38. The number of hydrogen-bond donors (Lipinski definition) is 2. The molecule has 2 aromatic carbocycles. The van der Waals surface area contributed by atoms with Crippen LogP contribution in [0.4, 0.5) is 5.69 Å². The second-order valence-electron chi connectivity index (χ2n) is 5.44. The van der Waals surface area contributed by atoms with E-state index in [1.807, 2.05) is 42.5 Å². The first-order chi connectivity index (χ1) is 10.8. The molecule has 0 saturated carbocycles. The van der Waals surface area contributed by atoms with Gasteiger partial charge in [0.1, 0.15) is 11.6 Å². The molecular formula is C18H21N3O. The van der Waals surface area contributed by atoms with Crippen LogP contribution in [0.5, 0.6) is 5.75 Å². The van der Waals surface area contributed by atoms with Crippen molar-refractivity contribution in [3.05, 3.63) is 42.5 Å². The molecule has 114 valence electrons. The van der Waals surface area contributed by atoms with Crippen LogP contribution in [0.3, 0.4) is 0 Å². The molecule has 0 aliphatic rings. The van der Waals surface area contributed by atoms with Crippen molar-refractivity contribution < 1.29 is 4.74 Å². The number of nitrogens with two attached hydrogens (primary N) is 1. The fraction of sp³-hybridized carbons (Fsp3) is 0.278. The SMILES string of the molecule is CCCCCOc1ccc(-c2nc3ccc(N)cc3[nH]2)cc1.